The summed E-state index contributed by atoms with van der Waals surface area (Å²) in [6, 6.07) is 46.6. The van der Waals surface area contributed by atoms with Gasteiger partial charge in [0.15, 0.2) is 5.58 Å². The van der Waals surface area contributed by atoms with Crippen LogP contribution >= 0.6 is 11.3 Å². The van der Waals surface area contributed by atoms with Gasteiger partial charge >= 0.3 is 6.85 Å². The van der Waals surface area contributed by atoms with E-state index in [9.17, 15) is 0 Å². The van der Waals surface area contributed by atoms with Crippen LogP contribution in [0.3, 0.4) is 0 Å². The van der Waals surface area contributed by atoms with Crippen molar-refractivity contribution in [2.45, 2.75) is 129 Å². The second kappa shape index (κ2) is 13.8. The number of rotatable bonds is 2. The summed E-state index contributed by atoms with van der Waals surface area (Å²) in [7, 11) is 0. The Morgan fingerprint density at radius 2 is 1.07 bits per heavy atom. The smallest absolute Gasteiger partial charge is 0.343 e. The Balaban J connectivity index is 1.18. The minimum atomic E-state index is -0.174. The molecule has 10 aromatic rings. The van der Waals surface area contributed by atoms with E-state index in [1.165, 1.54) is 83.5 Å². The van der Waals surface area contributed by atoms with Crippen LogP contribution in [0.2, 0.25) is 0 Å². The quantitative estimate of drug-likeness (QED) is 0.162. The van der Waals surface area contributed by atoms with Crippen molar-refractivity contribution in [2.75, 3.05) is 9.71 Å². The van der Waals surface area contributed by atoms with Gasteiger partial charge in [-0.2, -0.15) is 0 Å². The second-order valence-corrected chi connectivity index (χ2v) is 26.1. The number of para-hydroxylation sites is 2. The molecule has 0 atom stereocenters. The first-order valence-electron chi connectivity index (χ1n) is 25.7. The molecular formula is C64H61BN2O2S. The van der Waals surface area contributed by atoms with Crippen molar-refractivity contribution >= 4 is 111 Å². The van der Waals surface area contributed by atoms with Gasteiger partial charge in [0.25, 0.3) is 0 Å². The molecule has 5 heterocycles. The number of hydrogen-bond acceptors (Lipinski definition) is 5. The number of furan rings is 2. The van der Waals surface area contributed by atoms with Gasteiger partial charge < -0.3 is 18.5 Å². The minimum absolute atomic E-state index is 0.00868. The summed E-state index contributed by atoms with van der Waals surface area (Å²) in [6.45, 7) is 26.4. The van der Waals surface area contributed by atoms with Crippen LogP contribution in [-0.2, 0) is 27.1 Å². The highest BCUT2D eigenvalue weighted by molar-refractivity contribution is 7.32. The van der Waals surface area contributed by atoms with E-state index in [2.05, 4.69) is 207 Å². The molecule has 0 saturated heterocycles. The predicted molar refractivity (Wildman–Crippen MR) is 299 cm³/mol. The van der Waals surface area contributed by atoms with Gasteiger partial charge in [-0.1, -0.05) is 131 Å². The van der Waals surface area contributed by atoms with Crippen LogP contribution < -0.4 is 20.0 Å². The van der Waals surface area contributed by atoms with E-state index in [1.807, 2.05) is 11.3 Å². The fourth-order valence-corrected chi connectivity index (χ4v) is 14.7. The van der Waals surface area contributed by atoms with Crippen molar-refractivity contribution in [1.29, 1.82) is 0 Å². The molecule has 14 rings (SSSR count). The van der Waals surface area contributed by atoms with Crippen LogP contribution in [0.4, 0.5) is 28.4 Å². The molecule has 2 aliphatic carbocycles. The lowest BCUT2D eigenvalue weighted by Gasteiger charge is -2.45. The first-order valence-corrected chi connectivity index (χ1v) is 26.5. The maximum absolute atomic E-state index is 7.34. The molecule has 6 heteroatoms. The Bertz CT molecular complexity index is 3910. The fraction of sp³-hybridized carbons (Fsp3) is 0.312. The van der Waals surface area contributed by atoms with Crippen molar-refractivity contribution in [3.63, 3.8) is 0 Å². The Morgan fingerprint density at radius 1 is 0.500 bits per heavy atom. The molecule has 0 N–H and O–H groups in total. The van der Waals surface area contributed by atoms with Crippen LogP contribution in [0, 0.1) is 0 Å². The van der Waals surface area contributed by atoms with Gasteiger partial charge in [0.05, 0.1) is 11.4 Å². The highest BCUT2D eigenvalue weighted by Gasteiger charge is 2.50. The van der Waals surface area contributed by atoms with E-state index in [-0.39, 0.29) is 33.9 Å². The first kappa shape index (κ1) is 42.6. The molecule has 70 heavy (non-hydrogen) atoms. The van der Waals surface area contributed by atoms with Crippen LogP contribution in [0.15, 0.2) is 130 Å². The summed E-state index contributed by atoms with van der Waals surface area (Å²) in [5, 5.41) is 5.87. The summed E-state index contributed by atoms with van der Waals surface area (Å²) in [4.78, 5) is 5.34. The Labute approximate surface area is 416 Å². The molecule has 348 valence electrons. The van der Waals surface area contributed by atoms with Gasteiger partial charge in [-0.15, -0.1) is 11.3 Å². The number of hydrogen-bond donors (Lipinski definition) is 0. The fourth-order valence-electron chi connectivity index (χ4n) is 13.3. The molecule has 0 fully saturated rings. The standard InChI is InChI=1S/C64H61BN2O2S/c1-60(2,3)36-20-22-37(23-21-36)67-50-35-53-42(39-16-12-14-18-51(39)68-53)31-41(50)43-32-44-40-17-13-15-19-52(40)69-58(44)57-55(43)65(67)59-56(45-33-48-49(34-54(45)70-59)64(10,11)29-28-63(48,8)9)66(57)38-24-25-46-47(30-38)62(6,7)27-26-61(46,4)5/h12-25,30-35H,26-29H2,1-11H3. The zero-order valence-corrected chi connectivity index (χ0v) is 43.4. The number of fused-ring (bicyclic) bond motifs is 15. The van der Waals surface area contributed by atoms with Gasteiger partial charge in [0, 0.05) is 65.1 Å². The second-order valence-electron chi connectivity index (χ2n) is 25.0. The molecule has 4 aliphatic rings. The normalized spacial score (nSPS) is 18.4. The number of anilines is 5. The Hall–Kier alpha value is -6.24. The molecular weight excluding hydrogens is 872 g/mol. The zero-order chi connectivity index (χ0) is 48.2. The monoisotopic (exact) mass is 932 g/mol. The number of thiophene rings is 1. The summed E-state index contributed by atoms with van der Waals surface area (Å²) in [5.74, 6) is 0. The summed E-state index contributed by atoms with van der Waals surface area (Å²) in [6.07, 6.45) is 4.65. The molecule has 0 spiro atoms. The highest BCUT2D eigenvalue weighted by Crippen LogP contribution is 2.57. The molecule has 0 radical (unpaired) electrons. The van der Waals surface area contributed by atoms with Gasteiger partial charge in [0.1, 0.15) is 16.7 Å². The average Bonchev–Trinajstić information content (AvgIpc) is 4.02. The predicted octanol–water partition coefficient (Wildman–Crippen LogP) is 17.4. The van der Waals surface area contributed by atoms with Crippen molar-refractivity contribution in [3.8, 4) is 11.1 Å². The molecule has 0 unspecified atom stereocenters. The number of benzene rings is 7. The maximum Gasteiger partial charge on any atom is 0.343 e. The SMILES string of the molecule is CC(C)(C)c1ccc(N2B3c4sc5cc6c(cc5c4N(c4ccc5c(c4)C(C)(C)CCC5(C)C)c4c3c(cc3c4oc4ccccc43)-c3cc4c(cc32)oc2ccccc24)C(C)(C)CCC6(C)C)cc1. The van der Waals surface area contributed by atoms with Crippen LogP contribution in [-0.4, -0.2) is 6.85 Å². The van der Waals surface area contributed by atoms with Crippen molar-refractivity contribution in [1.82, 2.24) is 0 Å². The van der Waals surface area contributed by atoms with E-state index in [0.29, 0.717) is 0 Å². The summed E-state index contributed by atoms with van der Waals surface area (Å²) in [5.41, 5.74) is 20.8. The highest BCUT2D eigenvalue weighted by atomic mass is 32.1. The average molecular weight is 933 g/mol. The van der Waals surface area contributed by atoms with E-state index in [4.69, 9.17) is 8.83 Å². The molecule has 0 amide bonds. The number of nitrogens with zero attached hydrogens (tertiary/aromatic N) is 2. The van der Waals surface area contributed by atoms with Crippen molar-refractivity contribution < 1.29 is 8.83 Å². The molecule has 3 aromatic heterocycles. The topological polar surface area (TPSA) is 32.8 Å². The van der Waals surface area contributed by atoms with E-state index < -0.39 is 0 Å². The molecule has 0 bridgehead atoms. The van der Waals surface area contributed by atoms with E-state index in [1.54, 1.807) is 0 Å². The lowest BCUT2D eigenvalue weighted by atomic mass is 9.46. The van der Waals surface area contributed by atoms with Crippen LogP contribution in [0.25, 0.3) is 65.1 Å². The van der Waals surface area contributed by atoms with Gasteiger partial charge in [0.2, 0.25) is 0 Å². The third-order valence-electron chi connectivity index (χ3n) is 17.7. The van der Waals surface area contributed by atoms with Crippen molar-refractivity contribution in [3.05, 3.63) is 149 Å². The molecule has 2 aliphatic heterocycles. The van der Waals surface area contributed by atoms with Gasteiger partial charge in [-0.25, -0.2) is 0 Å². The van der Waals surface area contributed by atoms with E-state index in [0.717, 1.165) is 73.8 Å². The Morgan fingerprint density at radius 3 is 1.74 bits per heavy atom. The minimum Gasteiger partial charge on any atom is -0.456 e. The molecule has 0 saturated carbocycles. The Kier molecular flexibility index (Phi) is 8.40. The van der Waals surface area contributed by atoms with E-state index >= 15 is 0 Å². The van der Waals surface area contributed by atoms with Crippen LogP contribution in [0.1, 0.15) is 130 Å². The third-order valence-corrected chi connectivity index (χ3v) is 18.9. The third kappa shape index (κ3) is 5.77. The maximum atomic E-state index is 7.34. The first-order chi connectivity index (χ1) is 33.3. The van der Waals surface area contributed by atoms with Gasteiger partial charge in [-0.05, 0) is 152 Å². The largest absolute Gasteiger partial charge is 0.456 e. The molecule has 7 aromatic carbocycles. The summed E-state index contributed by atoms with van der Waals surface area (Å²) >= 11 is 2.00. The molecule has 4 nitrogen and oxygen atoms in total. The van der Waals surface area contributed by atoms with Crippen molar-refractivity contribution in [2.24, 2.45) is 0 Å². The van der Waals surface area contributed by atoms with Crippen LogP contribution in [0.5, 0.6) is 0 Å². The zero-order valence-electron chi connectivity index (χ0n) is 42.6. The summed E-state index contributed by atoms with van der Waals surface area (Å²) < 4.78 is 16.8. The van der Waals surface area contributed by atoms with Gasteiger partial charge in [-0.3, -0.25) is 0 Å². The lowest BCUT2D eigenvalue weighted by Crippen LogP contribution is -2.60. The lowest BCUT2D eigenvalue weighted by molar-refractivity contribution is 0.332.